The monoisotopic (exact) mass is 1080 g/mol. The second-order valence-corrected chi connectivity index (χ2v) is 20.6. The van der Waals surface area contributed by atoms with Crippen LogP contribution in [0.4, 0.5) is 0 Å². The van der Waals surface area contributed by atoms with Crippen molar-refractivity contribution in [3.63, 3.8) is 0 Å². The third kappa shape index (κ3) is 62.1. The van der Waals surface area contributed by atoms with E-state index in [1.807, 2.05) is 0 Å². The van der Waals surface area contributed by atoms with E-state index in [9.17, 15) is 14.4 Å². The summed E-state index contributed by atoms with van der Waals surface area (Å²) in [6, 6.07) is 0. The van der Waals surface area contributed by atoms with Gasteiger partial charge in [-0.3, -0.25) is 14.4 Å². The molecular weight excluding hydrogens is 961 g/mol. The van der Waals surface area contributed by atoms with Gasteiger partial charge in [-0.1, -0.05) is 276 Å². The first-order valence-corrected chi connectivity index (χ1v) is 31.8. The molecule has 0 aromatic carbocycles. The van der Waals surface area contributed by atoms with E-state index < -0.39 is 6.10 Å². The van der Waals surface area contributed by atoms with Gasteiger partial charge in [0, 0.05) is 19.3 Å². The molecule has 0 bridgehead atoms. The maximum Gasteiger partial charge on any atom is 0.306 e. The molecule has 0 saturated heterocycles. The van der Waals surface area contributed by atoms with E-state index in [-0.39, 0.29) is 31.1 Å². The second kappa shape index (κ2) is 64.8. The van der Waals surface area contributed by atoms with Crippen molar-refractivity contribution in [2.24, 2.45) is 0 Å². The summed E-state index contributed by atoms with van der Waals surface area (Å²) < 4.78 is 16.9. The summed E-state index contributed by atoms with van der Waals surface area (Å²) in [6.07, 6.45) is 92.8. The molecule has 0 aromatic heterocycles. The number of ether oxygens (including phenoxy) is 3. The number of rotatable bonds is 56. The summed E-state index contributed by atoms with van der Waals surface area (Å²) in [5.41, 5.74) is 0. The van der Waals surface area contributed by atoms with Gasteiger partial charge in [0.25, 0.3) is 0 Å². The Morgan fingerprint density at radius 2 is 0.500 bits per heavy atom. The number of allylic oxidation sites excluding steroid dienone is 24. The molecule has 0 aromatic rings. The van der Waals surface area contributed by atoms with Gasteiger partial charge in [0.05, 0.1) is 0 Å². The van der Waals surface area contributed by atoms with Crippen LogP contribution in [-0.2, 0) is 28.6 Å². The molecule has 6 nitrogen and oxygen atoms in total. The van der Waals surface area contributed by atoms with Gasteiger partial charge >= 0.3 is 17.9 Å². The molecule has 0 saturated carbocycles. The fourth-order valence-electron chi connectivity index (χ4n) is 8.39. The minimum Gasteiger partial charge on any atom is -0.462 e. The molecule has 1 unspecified atom stereocenters. The first kappa shape index (κ1) is 73.3. The Balaban J connectivity index is 4.38. The van der Waals surface area contributed by atoms with Crippen LogP contribution in [0.15, 0.2) is 146 Å². The van der Waals surface area contributed by atoms with Gasteiger partial charge in [0.1, 0.15) is 13.2 Å². The largest absolute Gasteiger partial charge is 0.462 e. The molecule has 6 heteroatoms. The maximum atomic E-state index is 12.9. The molecule has 1 atom stereocenters. The number of hydrogen-bond donors (Lipinski definition) is 0. The van der Waals surface area contributed by atoms with Crippen LogP contribution in [0.5, 0.6) is 0 Å². The molecule has 0 spiro atoms. The lowest BCUT2D eigenvalue weighted by molar-refractivity contribution is -0.167. The average molecular weight is 1080 g/mol. The zero-order chi connectivity index (χ0) is 56.4. The van der Waals surface area contributed by atoms with Crippen molar-refractivity contribution in [2.75, 3.05) is 13.2 Å². The van der Waals surface area contributed by atoms with Gasteiger partial charge in [-0.25, -0.2) is 0 Å². The summed E-state index contributed by atoms with van der Waals surface area (Å²) in [6.45, 7) is 6.38. The molecule has 0 radical (unpaired) electrons. The zero-order valence-electron chi connectivity index (χ0n) is 50.4. The Hall–Kier alpha value is -4.71. The Labute approximate surface area is 480 Å². The highest BCUT2D eigenvalue weighted by Crippen LogP contribution is 2.15. The highest BCUT2D eigenvalue weighted by Gasteiger charge is 2.19. The molecule has 0 rings (SSSR count). The van der Waals surface area contributed by atoms with Gasteiger partial charge < -0.3 is 14.2 Å². The van der Waals surface area contributed by atoms with Crippen LogP contribution in [0.25, 0.3) is 0 Å². The Morgan fingerprint density at radius 3 is 0.795 bits per heavy atom. The van der Waals surface area contributed by atoms with E-state index >= 15 is 0 Å². The second-order valence-electron chi connectivity index (χ2n) is 20.6. The fourth-order valence-corrected chi connectivity index (χ4v) is 8.39. The zero-order valence-corrected chi connectivity index (χ0v) is 50.4. The average Bonchev–Trinajstić information content (AvgIpc) is 3.44. The van der Waals surface area contributed by atoms with Crippen LogP contribution >= 0.6 is 0 Å². The van der Waals surface area contributed by atoms with E-state index in [4.69, 9.17) is 14.2 Å². The summed E-state index contributed by atoms with van der Waals surface area (Å²) >= 11 is 0. The number of carbonyl (C=O) groups excluding carboxylic acids is 3. The molecule has 0 heterocycles. The Morgan fingerprint density at radius 1 is 0.269 bits per heavy atom. The van der Waals surface area contributed by atoms with Gasteiger partial charge in [0.2, 0.25) is 0 Å². The molecule has 0 amide bonds. The van der Waals surface area contributed by atoms with Crippen molar-refractivity contribution in [1.29, 1.82) is 0 Å². The number of unbranched alkanes of at least 4 members (excludes halogenated alkanes) is 21. The van der Waals surface area contributed by atoms with Gasteiger partial charge in [0.15, 0.2) is 6.10 Å². The molecule has 0 aliphatic rings. The van der Waals surface area contributed by atoms with Crippen molar-refractivity contribution >= 4 is 17.9 Å². The summed E-state index contributed by atoms with van der Waals surface area (Å²) in [5, 5.41) is 0. The van der Waals surface area contributed by atoms with E-state index in [0.717, 1.165) is 148 Å². The van der Waals surface area contributed by atoms with E-state index in [1.165, 1.54) is 83.5 Å². The van der Waals surface area contributed by atoms with Crippen LogP contribution in [0.2, 0.25) is 0 Å². The topological polar surface area (TPSA) is 78.9 Å². The maximum absolute atomic E-state index is 12.9. The van der Waals surface area contributed by atoms with Crippen LogP contribution in [-0.4, -0.2) is 37.2 Å². The van der Waals surface area contributed by atoms with Crippen molar-refractivity contribution in [2.45, 2.75) is 277 Å². The van der Waals surface area contributed by atoms with E-state index in [2.05, 4.69) is 167 Å². The summed E-state index contributed by atoms with van der Waals surface area (Å²) in [4.78, 5) is 38.2. The smallest absolute Gasteiger partial charge is 0.306 e. The summed E-state index contributed by atoms with van der Waals surface area (Å²) in [5.74, 6) is -0.940. The molecule has 0 fully saturated rings. The third-order valence-corrected chi connectivity index (χ3v) is 13.1. The SMILES string of the molecule is CC/C=C\C/C=C\C/C=C\C/C=C\C/C=C\C/C=C\C/C=C\C/C=C\C/C=C\CCCCCC(=O)OCC(COC(=O)CCCCCCCCCCCCCC)OC(=O)CCCCCCCCC/C=C\C/C=C\C/C=C\CC. The predicted molar refractivity (Wildman–Crippen MR) is 339 cm³/mol. The van der Waals surface area contributed by atoms with Crippen LogP contribution < -0.4 is 0 Å². The van der Waals surface area contributed by atoms with Gasteiger partial charge in [-0.2, -0.15) is 0 Å². The number of carbonyl (C=O) groups is 3. The minimum absolute atomic E-state index is 0.0953. The van der Waals surface area contributed by atoms with E-state index in [1.54, 1.807) is 0 Å². The van der Waals surface area contributed by atoms with Gasteiger partial charge in [-0.05, 0) is 122 Å². The van der Waals surface area contributed by atoms with E-state index in [0.29, 0.717) is 19.3 Å². The highest BCUT2D eigenvalue weighted by molar-refractivity contribution is 5.71. The van der Waals surface area contributed by atoms with Crippen molar-refractivity contribution in [3.8, 4) is 0 Å². The molecule has 0 N–H and O–H groups in total. The number of esters is 3. The fraction of sp³-hybridized carbons (Fsp3) is 0.625. The third-order valence-electron chi connectivity index (χ3n) is 13.1. The van der Waals surface area contributed by atoms with Crippen LogP contribution in [0.3, 0.4) is 0 Å². The summed E-state index contributed by atoms with van der Waals surface area (Å²) in [7, 11) is 0. The molecular formula is C72H116O6. The van der Waals surface area contributed by atoms with Crippen molar-refractivity contribution in [3.05, 3.63) is 146 Å². The van der Waals surface area contributed by atoms with Crippen LogP contribution in [0.1, 0.15) is 271 Å². The first-order chi connectivity index (χ1) is 38.5. The van der Waals surface area contributed by atoms with Crippen molar-refractivity contribution < 1.29 is 28.6 Å². The lowest BCUT2D eigenvalue weighted by atomic mass is 10.0. The van der Waals surface area contributed by atoms with Crippen molar-refractivity contribution in [1.82, 2.24) is 0 Å². The van der Waals surface area contributed by atoms with Gasteiger partial charge in [-0.15, -0.1) is 0 Å². The molecule has 78 heavy (non-hydrogen) atoms. The normalized spacial score (nSPS) is 13.1. The molecule has 0 aliphatic carbocycles. The highest BCUT2D eigenvalue weighted by atomic mass is 16.6. The molecule has 440 valence electrons. The van der Waals surface area contributed by atoms with Crippen LogP contribution in [0, 0.1) is 0 Å². The first-order valence-electron chi connectivity index (χ1n) is 31.8. The lowest BCUT2D eigenvalue weighted by Gasteiger charge is -2.18. The Kier molecular flexibility index (Phi) is 60.9. The predicted octanol–water partition coefficient (Wildman–Crippen LogP) is 21.9. The quantitative estimate of drug-likeness (QED) is 0.0261. The minimum atomic E-state index is -0.802. The Bertz CT molecular complexity index is 1710. The standard InChI is InChI=1S/C72H116O6/c1-4-7-10-13-16-19-22-25-27-29-30-31-32-33-34-35-36-37-38-39-40-41-42-44-45-47-50-53-56-59-62-65-71(74)77-68-69(67-76-70(73)64-61-58-55-52-49-24-21-18-15-12-9-6-3)78-72(75)66-63-60-57-54-51-48-46-43-28-26-23-20-17-14-11-8-5-2/h7-8,10-11,16-17,19-20,25-28,30-31,33-34,36-37,39-40,42,44,47,50,69H,4-6,9,12-15,18,21-24,29,32,35,38,41,43,45-46,48-49,51-68H2,1-3H3/b10-7-,11-8-,19-16-,20-17-,27-25-,28-26-,31-30-,34-33-,37-36-,40-39-,44-42-,50-47-. The molecule has 0 aliphatic heterocycles. The lowest BCUT2D eigenvalue weighted by Crippen LogP contribution is -2.30. The number of hydrogen-bond acceptors (Lipinski definition) is 6.